The highest BCUT2D eigenvalue weighted by Gasteiger charge is 2.25. The summed E-state index contributed by atoms with van der Waals surface area (Å²) < 4.78 is 0. The first-order valence-electron chi connectivity index (χ1n) is 9.89. The van der Waals surface area contributed by atoms with Gasteiger partial charge in [0, 0.05) is 36.3 Å². The molecular formula is C23H25N3O2. The minimum atomic E-state index is -0.252. The Bertz CT molecular complexity index is 997. The van der Waals surface area contributed by atoms with E-state index in [0.717, 1.165) is 41.7 Å². The van der Waals surface area contributed by atoms with Crippen molar-refractivity contribution >= 4 is 27.8 Å². The van der Waals surface area contributed by atoms with Crippen LogP contribution in [0.5, 0.6) is 0 Å². The minimum Gasteiger partial charge on any atom is -0.380 e. The van der Waals surface area contributed by atoms with Gasteiger partial charge < -0.3 is 10.2 Å². The van der Waals surface area contributed by atoms with Crippen molar-refractivity contribution in [3.8, 4) is 0 Å². The number of hydrogen-bond donors (Lipinski definition) is 1. The van der Waals surface area contributed by atoms with E-state index in [-0.39, 0.29) is 10.6 Å². The van der Waals surface area contributed by atoms with Crippen LogP contribution in [0.3, 0.4) is 0 Å². The van der Waals surface area contributed by atoms with Crippen molar-refractivity contribution in [3.63, 3.8) is 0 Å². The molecular weight excluding hydrogens is 350 g/mol. The number of hydrogen-bond acceptors (Lipinski definition) is 4. The van der Waals surface area contributed by atoms with Crippen LogP contribution in [0.15, 0.2) is 60.7 Å². The fraction of sp³-hybridized carbons (Fsp3) is 0.304. The third-order valence-corrected chi connectivity index (χ3v) is 5.62. The summed E-state index contributed by atoms with van der Waals surface area (Å²) in [4.78, 5) is 13.7. The fourth-order valence-electron chi connectivity index (χ4n) is 4.10. The highest BCUT2D eigenvalue weighted by Crippen LogP contribution is 2.34. The summed E-state index contributed by atoms with van der Waals surface area (Å²) in [5.74, 6) is 0. The van der Waals surface area contributed by atoms with E-state index in [2.05, 4.69) is 35.3 Å². The van der Waals surface area contributed by atoms with Crippen LogP contribution in [0.2, 0.25) is 0 Å². The maximum Gasteiger partial charge on any atom is 0.292 e. The number of nitrogens with zero attached hydrogens (tertiary/aromatic N) is 2. The average Bonchev–Trinajstić information content (AvgIpc) is 2.72. The van der Waals surface area contributed by atoms with Gasteiger partial charge in [-0.25, -0.2) is 0 Å². The second-order valence-electron chi connectivity index (χ2n) is 7.50. The smallest absolute Gasteiger partial charge is 0.292 e. The Morgan fingerprint density at radius 1 is 1.11 bits per heavy atom. The molecule has 0 amide bonds. The van der Waals surface area contributed by atoms with Gasteiger partial charge in [0.15, 0.2) is 0 Å². The fourth-order valence-corrected chi connectivity index (χ4v) is 4.10. The molecule has 0 aliphatic carbocycles. The quantitative estimate of drug-likeness (QED) is 0.456. The van der Waals surface area contributed by atoms with E-state index >= 15 is 0 Å². The summed E-state index contributed by atoms with van der Waals surface area (Å²) in [6, 6.07) is 20.3. The Morgan fingerprint density at radius 3 is 2.75 bits per heavy atom. The predicted molar refractivity (Wildman–Crippen MR) is 115 cm³/mol. The van der Waals surface area contributed by atoms with Crippen molar-refractivity contribution in [1.29, 1.82) is 0 Å². The molecule has 1 fully saturated rings. The van der Waals surface area contributed by atoms with E-state index in [1.54, 1.807) is 6.07 Å². The molecule has 1 atom stereocenters. The third kappa shape index (κ3) is 3.65. The van der Waals surface area contributed by atoms with Crippen LogP contribution in [-0.4, -0.2) is 17.5 Å². The van der Waals surface area contributed by atoms with Crippen molar-refractivity contribution in [3.05, 3.63) is 76.3 Å². The van der Waals surface area contributed by atoms with Crippen LogP contribution in [-0.2, 0) is 6.54 Å². The Kier molecular flexibility index (Phi) is 5.15. The van der Waals surface area contributed by atoms with Crippen LogP contribution in [0.1, 0.15) is 31.7 Å². The topological polar surface area (TPSA) is 58.4 Å². The van der Waals surface area contributed by atoms with Crippen LogP contribution in [0.4, 0.5) is 17.1 Å². The highest BCUT2D eigenvalue weighted by molar-refractivity contribution is 5.93. The molecule has 0 saturated carbocycles. The van der Waals surface area contributed by atoms with Gasteiger partial charge in [0.1, 0.15) is 5.69 Å². The van der Waals surface area contributed by atoms with Gasteiger partial charge in [0.25, 0.3) is 5.69 Å². The SMILES string of the molecule is C[C@@H]1CCCCN1c1ccc(CNc2cccc3ccccc23)cc1[N+](=O)[O-]. The van der Waals surface area contributed by atoms with Gasteiger partial charge in [-0.1, -0.05) is 42.5 Å². The van der Waals surface area contributed by atoms with Gasteiger partial charge in [-0.05, 0) is 49.3 Å². The van der Waals surface area contributed by atoms with E-state index in [9.17, 15) is 10.1 Å². The highest BCUT2D eigenvalue weighted by atomic mass is 16.6. The lowest BCUT2D eigenvalue weighted by atomic mass is 10.0. The minimum absolute atomic E-state index is 0.200. The zero-order chi connectivity index (χ0) is 19.5. The maximum atomic E-state index is 11.7. The van der Waals surface area contributed by atoms with Gasteiger partial charge in [0.2, 0.25) is 0 Å². The molecule has 1 heterocycles. The van der Waals surface area contributed by atoms with Crippen molar-refractivity contribution < 1.29 is 4.92 Å². The molecule has 3 aromatic carbocycles. The number of benzene rings is 3. The molecule has 0 bridgehead atoms. The van der Waals surface area contributed by atoms with Crippen LogP contribution in [0, 0.1) is 10.1 Å². The number of nitro groups is 1. The standard InChI is InChI=1S/C23H25N3O2/c1-17-7-4-5-14-25(17)22-13-12-18(15-23(22)26(27)28)16-24-21-11-6-9-19-8-2-3-10-20(19)21/h2-3,6,8-13,15,17,24H,4-5,7,14,16H2,1H3/t17-/m1/s1. The molecule has 1 saturated heterocycles. The number of piperidine rings is 1. The molecule has 1 aliphatic heterocycles. The van der Waals surface area contributed by atoms with E-state index < -0.39 is 0 Å². The Balaban J connectivity index is 1.58. The van der Waals surface area contributed by atoms with Crippen LogP contribution < -0.4 is 10.2 Å². The molecule has 0 spiro atoms. The molecule has 0 radical (unpaired) electrons. The molecule has 4 rings (SSSR count). The first-order chi connectivity index (χ1) is 13.6. The normalized spacial score (nSPS) is 16.9. The molecule has 5 nitrogen and oxygen atoms in total. The summed E-state index contributed by atoms with van der Waals surface area (Å²) >= 11 is 0. The molecule has 0 aromatic heterocycles. The van der Waals surface area contributed by atoms with Crippen LogP contribution >= 0.6 is 0 Å². The van der Waals surface area contributed by atoms with Gasteiger partial charge >= 0.3 is 0 Å². The third-order valence-electron chi connectivity index (χ3n) is 5.62. The summed E-state index contributed by atoms with van der Waals surface area (Å²) in [6.45, 7) is 3.58. The number of rotatable bonds is 5. The Morgan fingerprint density at radius 2 is 1.93 bits per heavy atom. The van der Waals surface area contributed by atoms with E-state index in [0.29, 0.717) is 12.6 Å². The van der Waals surface area contributed by atoms with Crippen molar-refractivity contribution in [2.24, 2.45) is 0 Å². The van der Waals surface area contributed by atoms with Gasteiger partial charge in [-0.3, -0.25) is 10.1 Å². The molecule has 1 N–H and O–H groups in total. The van der Waals surface area contributed by atoms with Gasteiger partial charge in [-0.2, -0.15) is 0 Å². The lowest BCUT2D eigenvalue weighted by molar-refractivity contribution is -0.384. The second-order valence-corrected chi connectivity index (χ2v) is 7.50. The molecule has 144 valence electrons. The molecule has 5 heteroatoms. The monoisotopic (exact) mass is 375 g/mol. The molecule has 3 aromatic rings. The summed E-state index contributed by atoms with van der Waals surface area (Å²) in [6.07, 6.45) is 3.37. The average molecular weight is 375 g/mol. The lowest BCUT2D eigenvalue weighted by Crippen LogP contribution is -2.37. The van der Waals surface area contributed by atoms with E-state index in [1.807, 2.05) is 36.4 Å². The Labute approximate surface area is 165 Å². The van der Waals surface area contributed by atoms with E-state index in [1.165, 1.54) is 11.8 Å². The molecule has 0 unspecified atom stereocenters. The maximum absolute atomic E-state index is 11.7. The van der Waals surface area contributed by atoms with Crippen LogP contribution in [0.25, 0.3) is 10.8 Å². The Hall–Kier alpha value is -3.08. The largest absolute Gasteiger partial charge is 0.380 e. The van der Waals surface area contributed by atoms with Gasteiger partial charge in [-0.15, -0.1) is 0 Å². The number of anilines is 2. The van der Waals surface area contributed by atoms with Crippen molar-refractivity contribution in [2.75, 3.05) is 16.8 Å². The predicted octanol–water partition coefficient (Wildman–Crippen LogP) is 5.74. The first-order valence-corrected chi connectivity index (χ1v) is 9.89. The van der Waals surface area contributed by atoms with E-state index in [4.69, 9.17) is 0 Å². The summed E-state index contributed by atoms with van der Waals surface area (Å²) in [5.41, 5.74) is 2.89. The lowest BCUT2D eigenvalue weighted by Gasteiger charge is -2.35. The van der Waals surface area contributed by atoms with Crippen molar-refractivity contribution in [2.45, 2.75) is 38.8 Å². The molecule has 28 heavy (non-hydrogen) atoms. The summed E-state index contributed by atoms with van der Waals surface area (Å²) in [7, 11) is 0. The zero-order valence-corrected chi connectivity index (χ0v) is 16.1. The van der Waals surface area contributed by atoms with Gasteiger partial charge in [0.05, 0.1) is 4.92 Å². The number of nitro benzene ring substituents is 1. The first kappa shape index (κ1) is 18.3. The number of nitrogens with one attached hydrogen (secondary N) is 1. The number of fused-ring (bicyclic) bond motifs is 1. The molecule has 1 aliphatic rings. The van der Waals surface area contributed by atoms with Crippen molar-refractivity contribution in [1.82, 2.24) is 0 Å². The zero-order valence-electron chi connectivity index (χ0n) is 16.1. The summed E-state index contributed by atoms with van der Waals surface area (Å²) in [5, 5.41) is 17.5. The second kappa shape index (κ2) is 7.89.